The molecule has 0 aromatic heterocycles. The second-order valence-corrected chi connectivity index (χ2v) is 37.2. The third-order valence-electron chi connectivity index (χ3n) is 11.1. The van der Waals surface area contributed by atoms with Crippen LogP contribution in [0.5, 0.6) is 0 Å². The number of hydrogen-bond donors (Lipinski definition) is 0. The summed E-state index contributed by atoms with van der Waals surface area (Å²) in [6.45, 7) is 29.0. The van der Waals surface area contributed by atoms with Gasteiger partial charge in [-0.05, 0) is 0 Å². The van der Waals surface area contributed by atoms with Crippen LogP contribution in [-0.2, 0) is 31.7 Å². The maximum absolute atomic E-state index is 2.70. The minimum absolute atomic E-state index is 0.159. The van der Waals surface area contributed by atoms with Crippen LogP contribution in [-0.4, -0.2) is 5.92 Å². The van der Waals surface area contributed by atoms with E-state index >= 15 is 0 Å². The van der Waals surface area contributed by atoms with Gasteiger partial charge >= 0.3 is 303 Å². The van der Waals surface area contributed by atoms with Gasteiger partial charge in [-0.1, -0.05) is 0 Å². The first kappa shape index (κ1) is 35.3. The second-order valence-electron chi connectivity index (χ2n) is 17.1. The molecule has 0 saturated carbocycles. The molecule has 48 heavy (non-hydrogen) atoms. The van der Waals surface area contributed by atoms with Gasteiger partial charge in [-0.25, -0.2) is 0 Å². The van der Waals surface area contributed by atoms with Crippen LogP contribution in [0.25, 0.3) is 34.4 Å². The number of fused-ring (bicyclic) bond motifs is 2. The molecule has 2 unspecified atom stereocenters. The van der Waals surface area contributed by atoms with Crippen molar-refractivity contribution in [2.75, 3.05) is 0 Å². The van der Waals surface area contributed by atoms with Gasteiger partial charge in [0.15, 0.2) is 0 Å². The van der Waals surface area contributed by atoms with Gasteiger partial charge in [0.2, 0.25) is 0 Å². The van der Waals surface area contributed by atoms with E-state index in [2.05, 4.69) is 173 Å². The summed E-state index contributed by atoms with van der Waals surface area (Å²) < 4.78 is 1.29. The molecule has 4 aromatic rings. The molecule has 2 heteroatoms. The molecule has 2 aliphatic rings. The van der Waals surface area contributed by atoms with Crippen LogP contribution in [0.15, 0.2) is 90.0 Å². The van der Waals surface area contributed by atoms with Crippen molar-refractivity contribution in [3.63, 3.8) is 0 Å². The molecule has 0 N–H and O–H groups in total. The van der Waals surface area contributed by atoms with Gasteiger partial charge in [0, 0.05) is 0 Å². The zero-order chi connectivity index (χ0) is 34.7. The van der Waals surface area contributed by atoms with Crippen molar-refractivity contribution in [3.05, 3.63) is 129 Å². The molecule has 0 spiro atoms. The van der Waals surface area contributed by atoms with Gasteiger partial charge < -0.3 is 0 Å². The number of benzene rings is 4. The fourth-order valence-electron chi connectivity index (χ4n) is 8.36. The van der Waals surface area contributed by atoms with E-state index in [0.29, 0.717) is 13.2 Å². The average Bonchev–Trinajstić information content (AvgIpc) is 3.61. The molecule has 0 fully saturated rings. The van der Waals surface area contributed by atoms with E-state index in [9.17, 15) is 0 Å². The van der Waals surface area contributed by atoms with E-state index in [0.717, 1.165) is 6.42 Å². The van der Waals surface area contributed by atoms with Gasteiger partial charge in [-0.15, -0.1) is 0 Å². The third-order valence-corrected chi connectivity index (χ3v) is 32.7. The van der Waals surface area contributed by atoms with E-state index in [-0.39, 0.29) is 10.8 Å². The predicted octanol–water partition coefficient (Wildman–Crippen LogP) is 13.2. The normalized spacial score (nSPS) is 17.5. The van der Waals surface area contributed by atoms with Gasteiger partial charge in [-0.2, -0.15) is 0 Å². The summed E-state index contributed by atoms with van der Waals surface area (Å²) in [6.07, 6.45) is 6.45. The van der Waals surface area contributed by atoms with Gasteiger partial charge in [-0.3, -0.25) is 0 Å². The van der Waals surface area contributed by atoms with E-state index in [4.69, 9.17) is 0 Å². The van der Waals surface area contributed by atoms with Crippen LogP contribution in [0.1, 0.15) is 115 Å². The number of aryl methyl sites for hydroxylation is 1. The Morgan fingerprint density at radius 3 is 1.69 bits per heavy atom. The molecule has 0 nitrogen and oxygen atoms in total. The van der Waals surface area contributed by atoms with Gasteiger partial charge in [0.05, 0.1) is 0 Å². The first-order valence-electron chi connectivity index (χ1n) is 18.4. The summed E-state index contributed by atoms with van der Waals surface area (Å²) in [4.78, 5) is 0. The minimum atomic E-state index is -2.22. The van der Waals surface area contributed by atoms with Crippen molar-refractivity contribution in [2.45, 2.75) is 107 Å². The number of hydrogen-bond acceptors (Lipinski definition) is 0. The fourth-order valence-corrected chi connectivity index (χ4v) is 31.8. The van der Waals surface area contributed by atoms with Crippen molar-refractivity contribution in [3.8, 4) is 22.3 Å². The third kappa shape index (κ3) is 6.42. The van der Waals surface area contributed by atoms with Crippen LogP contribution in [0, 0.1) is 12.8 Å². The maximum atomic E-state index is 2.70. The Morgan fingerprint density at radius 2 is 1.21 bits per heavy atom. The standard InChI is InChI=1S/2C22H25.C2H7Si.Zr/c1-15(2)18-13-17-7-6-8-20(21(17)14-18)16-9-11-19(12-10-16)22(3,4)5;1-6-16-13-20-15(2)7-12-19(21(20)14-16)17-8-10-18(11-9-17)22(3,4)5;1-3-2;/h6-15H,1-5H3;7-14H,6H2,1-5H3;3H,1-2H3;. The van der Waals surface area contributed by atoms with Crippen LogP contribution in [0.2, 0.25) is 13.1 Å². The summed E-state index contributed by atoms with van der Waals surface area (Å²) in [5.74, 6) is -0.431. The number of allylic oxidation sites excluding steroid dienone is 2. The van der Waals surface area contributed by atoms with Crippen LogP contribution in [0.3, 0.4) is 0 Å². The molecule has 0 saturated heterocycles. The van der Waals surface area contributed by atoms with Crippen molar-refractivity contribution in [2.24, 2.45) is 5.92 Å². The molecule has 0 radical (unpaired) electrons. The molecule has 0 heterocycles. The average molecular weight is 729 g/mol. The summed E-state index contributed by atoms with van der Waals surface area (Å²) in [6, 6.07) is 31.0. The monoisotopic (exact) mass is 727 g/mol. The fraction of sp³-hybridized carbons (Fsp3) is 0.391. The zero-order valence-electron chi connectivity index (χ0n) is 31.7. The van der Waals surface area contributed by atoms with E-state index in [1.807, 2.05) is 0 Å². The Balaban J connectivity index is 1.48. The number of rotatable bonds is 7. The summed E-state index contributed by atoms with van der Waals surface area (Å²) in [5.41, 5.74) is 19.9. The molecular formula is C46H57SiZr. The Labute approximate surface area is 301 Å². The van der Waals surface area contributed by atoms with Crippen LogP contribution >= 0.6 is 0 Å². The van der Waals surface area contributed by atoms with Gasteiger partial charge in [0.25, 0.3) is 0 Å². The molecule has 0 bridgehead atoms. The first-order chi connectivity index (χ1) is 22.6. The van der Waals surface area contributed by atoms with E-state index in [1.165, 1.54) is 50.1 Å². The van der Waals surface area contributed by atoms with Crippen molar-refractivity contribution in [1.82, 2.24) is 0 Å². The molecular weight excluding hydrogens is 672 g/mol. The zero-order valence-corrected chi connectivity index (χ0v) is 35.3. The van der Waals surface area contributed by atoms with Crippen molar-refractivity contribution >= 4 is 18.1 Å². The summed E-state index contributed by atoms with van der Waals surface area (Å²) in [5, 5.41) is 0. The Bertz CT molecular complexity index is 1870. The molecule has 6 rings (SSSR count). The topological polar surface area (TPSA) is 0 Å². The SMILES string of the molecule is CCC1=Cc2c(-c3ccc(C(C)(C)C)cc3)ccc(C)c2[CH]1[Zr]([CH]1C(C(C)C)=Cc2c(-c3ccc(C(C)(C)C)cc3)cccc21)[SiH](C)C. The van der Waals surface area contributed by atoms with E-state index in [1.54, 1.807) is 22.3 Å². The molecule has 0 amide bonds. The molecule has 2 aliphatic carbocycles. The van der Waals surface area contributed by atoms with E-state index < -0.39 is 26.8 Å². The quantitative estimate of drug-likeness (QED) is 0.166. The Hall–Kier alpha value is -2.54. The molecule has 249 valence electrons. The predicted molar refractivity (Wildman–Crippen MR) is 211 cm³/mol. The summed E-state index contributed by atoms with van der Waals surface area (Å²) in [7, 11) is 0. The molecule has 4 aromatic carbocycles. The molecule has 2 atom stereocenters. The first-order valence-corrected chi connectivity index (χ1v) is 28.4. The van der Waals surface area contributed by atoms with Crippen molar-refractivity contribution < 1.29 is 20.9 Å². The Kier molecular flexibility index (Phi) is 9.78. The van der Waals surface area contributed by atoms with Crippen LogP contribution < -0.4 is 0 Å². The van der Waals surface area contributed by atoms with Crippen LogP contribution in [0.4, 0.5) is 0 Å². The molecule has 0 aliphatic heterocycles. The van der Waals surface area contributed by atoms with Crippen molar-refractivity contribution in [1.29, 1.82) is 0 Å². The van der Waals surface area contributed by atoms with Gasteiger partial charge in [0.1, 0.15) is 0 Å². The Morgan fingerprint density at radius 1 is 0.667 bits per heavy atom. The summed E-state index contributed by atoms with van der Waals surface area (Å²) >= 11 is -2.22. The second kappa shape index (κ2) is 13.3.